The third-order valence-electron chi connectivity index (χ3n) is 3.63. The summed E-state index contributed by atoms with van der Waals surface area (Å²) in [5.74, 6) is 0. The first-order valence-corrected chi connectivity index (χ1v) is 7.47. The highest BCUT2D eigenvalue weighted by Gasteiger charge is 2.30. The van der Waals surface area contributed by atoms with Crippen LogP contribution in [0.25, 0.3) is 11.3 Å². The fraction of sp³-hybridized carbons (Fsp3) is 0.111. The molecular weight excluding hydrogens is 331 g/mol. The molecule has 0 aliphatic rings. The van der Waals surface area contributed by atoms with Gasteiger partial charge in [0.25, 0.3) is 5.56 Å². The highest BCUT2D eigenvalue weighted by molar-refractivity contribution is 5.88. The van der Waals surface area contributed by atoms with Gasteiger partial charge in [0.15, 0.2) is 0 Å². The Morgan fingerprint density at radius 3 is 2.48 bits per heavy atom. The van der Waals surface area contributed by atoms with Crippen molar-refractivity contribution in [3.8, 4) is 11.3 Å². The van der Waals surface area contributed by atoms with Crippen molar-refractivity contribution >= 4 is 6.21 Å². The van der Waals surface area contributed by atoms with Crippen LogP contribution >= 0.6 is 0 Å². The fourth-order valence-corrected chi connectivity index (χ4v) is 2.41. The molecule has 0 amide bonds. The minimum Gasteiger partial charge on any atom is -0.297 e. The molecule has 0 unspecified atom stereocenters. The quantitative estimate of drug-likeness (QED) is 0.690. The van der Waals surface area contributed by atoms with Crippen molar-refractivity contribution < 1.29 is 13.2 Å². The van der Waals surface area contributed by atoms with Gasteiger partial charge in [-0.15, -0.1) is 0 Å². The summed E-state index contributed by atoms with van der Waals surface area (Å²) in [6, 6.07) is 14.2. The van der Waals surface area contributed by atoms with Gasteiger partial charge in [-0.05, 0) is 17.7 Å². The van der Waals surface area contributed by atoms with Crippen molar-refractivity contribution in [3.63, 3.8) is 0 Å². The highest BCUT2D eigenvalue weighted by atomic mass is 19.4. The minimum atomic E-state index is -4.39. The van der Waals surface area contributed by atoms with E-state index in [2.05, 4.69) is 15.2 Å². The SMILES string of the molecule is O=c1[nH][nH]c(-c2ccccc2)c1C=NCc1cccc(C(F)(F)F)c1. The number of halogens is 3. The van der Waals surface area contributed by atoms with E-state index in [4.69, 9.17) is 0 Å². The molecular formula is C18H14F3N3O. The number of nitrogens with zero attached hydrogens (tertiary/aromatic N) is 1. The lowest BCUT2D eigenvalue weighted by Crippen LogP contribution is -2.06. The maximum Gasteiger partial charge on any atom is 0.416 e. The van der Waals surface area contributed by atoms with Gasteiger partial charge >= 0.3 is 6.18 Å². The van der Waals surface area contributed by atoms with Crippen LogP contribution in [0.2, 0.25) is 0 Å². The molecule has 1 aromatic heterocycles. The average molecular weight is 345 g/mol. The molecule has 0 fully saturated rings. The van der Waals surface area contributed by atoms with Crippen LogP contribution in [0, 0.1) is 0 Å². The van der Waals surface area contributed by atoms with E-state index in [1.165, 1.54) is 12.3 Å². The standard InChI is InChI=1S/C18H14F3N3O/c19-18(20,21)14-8-4-5-12(9-14)10-22-11-15-16(23-24-17(15)25)13-6-2-1-3-7-13/h1-9,11H,10H2,(H2,23,24,25). The second kappa shape index (κ2) is 6.80. The normalized spacial score (nSPS) is 12.0. The lowest BCUT2D eigenvalue weighted by Gasteiger charge is -2.07. The monoisotopic (exact) mass is 345 g/mol. The molecule has 0 saturated heterocycles. The molecule has 3 aromatic rings. The van der Waals surface area contributed by atoms with E-state index in [1.807, 2.05) is 30.3 Å². The summed E-state index contributed by atoms with van der Waals surface area (Å²) in [4.78, 5) is 16.0. The number of benzene rings is 2. The van der Waals surface area contributed by atoms with Crippen molar-refractivity contribution in [1.29, 1.82) is 0 Å². The van der Waals surface area contributed by atoms with E-state index in [0.29, 0.717) is 16.8 Å². The van der Waals surface area contributed by atoms with Gasteiger partial charge in [-0.25, -0.2) is 0 Å². The highest BCUT2D eigenvalue weighted by Crippen LogP contribution is 2.29. The molecule has 0 aliphatic carbocycles. The van der Waals surface area contributed by atoms with E-state index >= 15 is 0 Å². The van der Waals surface area contributed by atoms with Gasteiger partial charge in [-0.2, -0.15) is 13.2 Å². The first-order valence-electron chi connectivity index (χ1n) is 7.47. The maximum absolute atomic E-state index is 12.7. The largest absolute Gasteiger partial charge is 0.416 e. The molecule has 0 bridgehead atoms. The van der Waals surface area contributed by atoms with Crippen LogP contribution in [-0.4, -0.2) is 16.4 Å². The van der Waals surface area contributed by atoms with Crippen LogP contribution in [0.1, 0.15) is 16.7 Å². The molecule has 0 aliphatic heterocycles. The second-order valence-electron chi connectivity index (χ2n) is 5.40. The molecule has 25 heavy (non-hydrogen) atoms. The van der Waals surface area contributed by atoms with Gasteiger partial charge in [-0.3, -0.25) is 20.0 Å². The maximum atomic E-state index is 12.7. The molecule has 7 heteroatoms. The number of aromatic nitrogens is 2. The fourth-order valence-electron chi connectivity index (χ4n) is 2.41. The Labute approximate surface area is 141 Å². The molecule has 2 aromatic carbocycles. The summed E-state index contributed by atoms with van der Waals surface area (Å²) < 4.78 is 38.2. The van der Waals surface area contributed by atoms with Crippen molar-refractivity contribution in [2.24, 2.45) is 4.99 Å². The molecule has 0 radical (unpaired) electrons. The Kier molecular flexibility index (Phi) is 4.56. The van der Waals surface area contributed by atoms with Gasteiger partial charge in [0.2, 0.25) is 0 Å². The van der Waals surface area contributed by atoms with Crippen LogP contribution in [-0.2, 0) is 12.7 Å². The Morgan fingerprint density at radius 2 is 1.76 bits per heavy atom. The number of hydrogen-bond donors (Lipinski definition) is 2. The Balaban J connectivity index is 1.82. The third kappa shape index (κ3) is 3.88. The molecule has 2 N–H and O–H groups in total. The third-order valence-corrected chi connectivity index (χ3v) is 3.63. The summed E-state index contributed by atoms with van der Waals surface area (Å²) in [5, 5.41) is 5.28. The van der Waals surface area contributed by atoms with Crippen LogP contribution in [0.3, 0.4) is 0 Å². The first kappa shape index (κ1) is 16.8. The number of H-pyrrole nitrogens is 2. The van der Waals surface area contributed by atoms with Crippen molar-refractivity contribution in [3.05, 3.63) is 81.6 Å². The Bertz CT molecular complexity index is 940. The number of nitrogens with one attached hydrogen (secondary N) is 2. The molecule has 1 heterocycles. The van der Waals surface area contributed by atoms with E-state index in [-0.39, 0.29) is 12.1 Å². The van der Waals surface area contributed by atoms with Crippen molar-refractivity contribution in [2.75, 3.05) is 0 Å². The summed E-state index contributed by atoms with van der Waals surface area (Å²) >= 11 is 0. The predicted octanol–water partition coefficient (Wildman–Crippen LogP) is 4.01. The number of aliphatic imine (C=N–C) groups is 1. The molecule has 128 valence electrons. The summed E-state index contributed by atoms with van der Waals surface area (Å²) in [7, 11) is 0. The lowest BCUT2D eigenvalue weighted by atomic mass is 10.1. The molecule has 0 atom stereocenters. The predicted molar refractivity (Wildman–Crippen MR) is 89.6 cm³/mol. The number of aromatic amines is 2. The zero-order chi connectivity index (χ0) is 17.9. The van der Waals surface area contributed by atoms with Crippen LogP contribution in [0.5, 0.6) is 0 Å². The van der Waals surface area contributed by atoms with E-state index in [1.54, 1.807) is 6.07 Å². The summed E-state index contributed by atoms with van der Waals surface area (Å²) in [6.07, 6.45) is -3.02. The number of hydrogen-bond acceptors (Lipinski definition) is 2. The van der Waals surface area contributed by atoms with Gasteiger partial charge in [0, 0.05) is 11.8 Å². The zero-order valence-electron chi connectivity index (χ0n) is 13.0. The van der Waals surface area contributed by atoms with Gasteiger partial charge in [-0.1, -0.05) is 42.5 Å². The molecule has 3 rings (SSSR count). The summed E-state index contributed by atoms with van der Waals surface area (Å²) in [6.45, 7) is 0.0444. The average Bonchev–Trinajstić information content (AvgIpc) is 2.96. The summed E-state index contributed by atoms with van der Waals surface area (Å²) in [5.41, 5.74) is 1.08. The minimum absolute atomic E-state index is 0.0444. The van der Waals surface area contributed by atoms with E-state index in [9.17, 15) is 18.0 Å². The molecule has 4 nitrogen and oxygen atoms in total. The number of rotatable bonds is 4. The first-order chi connectivity index (χ1) is 11.9. The smallest absolute Gasteiger partial charge is 0.297 e. The lowest BCUT2D eigenvalue weighted by molar-refractivity contribution is -0.137. The molecule has 0 saturated carbocycles. The second-order valence-corrected chi connectivity index (χ2v) is 5.40. The van der Waals surface area contributed by atoms with Crippen molar-refractivity contribution in [2.45, 2.75) is 12.7 Å². The van der Waals surface area contributed by atoms with E-state index in [0.717, 1.165) is 17.7 Å². The van der Waals surface area contributed by atoms with Crippen molar-refractivity contribution in [1.82, 2.24) is 10.2 Å². The van der Waals surface area contributed by atoms with Gasteiger partial charge in [0.05, 0.1) is 23.4 Å². The van der Waals surface area contributed by atoms with E-state index < -0.39 is 11.7 Å². The Hall–Kier alpha value is -3.09. The van der Waals surface area contributed by atoms with Gasteiger partial charge < -0.3 is 0 Å². The van der Waals surface area contributed by atoms with Crippen LogP contribution < -0.4 is 5.56 Å². The van der Waals surface area contributed by atoms with Crippen LogP contribution in [0.4, 0.5) is 13.2 Å². The number of alkyl halides is 3. The van der Waals surface area contributed by atoms with Gasteiger partial charge in [0.1, 0.15) is 0 Å². The van der Waals surface area contributed by atoms with Crippen LogP contribution in [0.15, 0.2) is 64.4 Å². The zero-order valence-corrected chi connectivity index (χ0v) is 13.0. The Morgan fingerprint density at radius 1 is 1.00 bits per heavy atom. The molecule has 0 spiro atoms. The topological polar surface area (TPSA) is 61.0 Å².